The van der Waals surface area contributed by atoms with E-state index in [0.29, 0.717) is 6.04 Å². The van der Waals surface area contributed by atoms with Gasteiger partial charge >= 0.3 is 0 Å². The molecule has 0 spiro atoms. The zero-order valence-corrected chi connectivity index (χ0v) is 26.9. The number of rotatable bonds is 8. The van der Waals surface area contributed by atoms with E-state index in [0.717, 1.165) is 47.3 Å². The largest absolute Gasteiger partial charge is 0.376 e. The highest BCUT2D eigenvalue weighted by atomic mass is 16.5. The van der Waals surface area contributed by atoms with Crippen LogP contribution in [0.15, 0.2) is 40.9 Å². The van der Waals surface area contributed by atoms with Crippen molar-refractivity contribution in [3.8, 4) is 0 Å². The first-order valence-corrected chi connectivity index (χ1v) is 14.3. The number of primary amides is 1. The number of amides is 2. The second-order valence-corrected chi connectivity index (χ2v) is 9.29. The van der Waals surface area contributed by atoms with Crippen LogP contribution >= 0.6 is 0 Å². The Morgan fingerprint density at radius 1 is 1.05 bits per heavy atom. The number of fused-ring (bicyclic) bond motifs is 1. The number of aromatic nitrogens is 1. The Morgan fingerprint density at radius 2 is 1.57 bits per heavy atom. The molecule has 4 N–H and O–H groups in total. The van der Waals surface area contributed by atoms with Gasteiger partial charge in [-0.05, 0) is 62.4 Å². The molecule has 2 aromatic carbocycles. The molecule has 8 heteroatoms. The van der Waals surface area contributed by atoms with E-state index in [1.807, 2.05) is 39.8 Å². The molecule has 0 aliphatic heterocycles. The Kier molecular flexibility index (Phi) is 22.8. The maximum absolute atomic E-state index is 11.5. The van der Waals surface area contributed by atoms with Crippen LogP contribution in [0.2, 0.25) is 0 Å². The molecule has 0 aliphatic rings. The van der Waals surface area contributed by atoms with Gasteiger partial charge in [0.2, 0.25) is 12.3 Å². The molecule has 3 rings (SSSR count). The van der Waals surface area contributed by atoms with Crippen LogP contribution in [-0.4, -0.2) is 55.6 Å². The Balaban J connectivity index is 0. The summed E-state index contributed by atoms with van der Waals surface area (Å²) in [6, 6.07) is 13.2. The van der Waals surface area contributed by atoms with E-state index < -0.39 is 0 Å². The van der Waals surface area contributed by atoms with Crippen molar-refractivity contribution in [3.05, 3.63) is 58.8 Å². The molecular weight excluding hydrogens is 502 g/mol. The van der Waals surface area contributed by atoms with Gasteiger partial charge in [0.05, 0.1) is 12.2 Å². The third kappa shape index (κ3) is 15.9. The average Bonchev–Trinajstić information content (AvgIpc) is 3.31. The molecule has 1 aromatic heterocycles. The number of carbonyl (C=O) groups is 2. The number of hydrogen-bond donors (Lipinski definition) is 3. The molecular formula is C32H55N5O3. The van der Waals surface area contributed by atoms with Gasteiger partial charge in [-0.2, -0.15) is 0 Å². The lowest BCUT2D eigenvalue weighted by molar-refractivity contribution is -0.126. The highest BCUT2D eigenvalue weighted by molar-refractivity contribution is 5.86. The first kappa shape index (κ1) is 38.8. The Bertz CT molecular complexity index is 1050. The first-order valence-electron chi connectivity index (χ1n) is 14.3. The molecule has 0 unspecified atom stereocenters. The summed E-state index contributed by atoms with van der Waals surface area (Å²) in [6.07, 6.45) is 3.80. The summed E-state index contributed by atoms with van der Waals surface area (Å²) in [6.45, 7) is 20.2. The highest BCUT2D eigenvalue weighted by Crippen LogP contribution is 2.25. The predicted octanol–water partition coefficient (Wildman–Crippen LogP) is 6.28. The summed E-state index contributed by atoms with van der Waals surface area (Å²) in [4.78, 5) is 21.7. The molecule has 226 valence electrons. The molecule has 8 nitrogen and oxygen atoms in total. The minimum atomic E-state index is 0.0308. The fourth-order valence-electron chi connectivity index (χ4n) is 3.41. The highest BCUT2D eigenvalue weighted by Gasteiger charge is 2.09. The third-order valence-electron chi connectivity index (χ3n) is 5.61. The van der Waals surface area contributed by atoms with Gasteiger partial charge in [0.25, 0.3) is 0 Å². The number of carbonyl (C=O) groups excluding carboxylic acids is 2. The zero-order chi connectivity index (χ0) is 31.1. The van der Waals surface area contributed by atoms with Gasteiger partial charge < -0.3 is 25.8 Å². The van der Waals surface area contributed by atoms with Crippen LogP contribution in [0.1, 0.15) is 77.3 Å². The van der Waals surface area contributed by atoms with Crippen molar-refractivity contribution < 1.29 is 14.1 Å². The number of aryl methyl sites for hydroxylation is 4. The SMILES string of the molecule is CC.CCCNC(C)C.CCc1ccccc1CC.Cc1cc2c(C)noc2cc1NCC(=O)N(C)C.NC=O. The molecule has 1 heterocycles. The van der Waals surface area contributed by atoms with Crippen molar-refractivity contribution in [1.82, 2.24) is 15.4 Å². The van der Waals surface area contributed by atoms with Crippen LogP contribution in [0.4, 0.5) is 5.69 Å². The van der Waals surface area contributed by atoms with Crippen LogP contribution < -0.4 is 16.4 Å². The number of nitrogens with two attached hydrogens (primary N) is 1. The van der Waals surface area contributed by atoms with Crippen molar-refractivity contribution in [1.29, 1.82) is 0 Å². The van der Waals surface area contributed by atoms with E-state index in [1.54, 1.807) is 19.0 Å². The molecule has 0 saturated carbocycles. The van der Waals surface area contributed by atoms with E-state index in [2.05, 4.69) is 80.4 Å². The van der Waals surface area contributed by atoms with Gasteiger partial charge in [-0.15, -0.1) is 0 Å². The van der Waals surface area contributed by atoms with Crippen molar-refractivity contribution in [2.24, 2.45) is 5.73 Å². The lowest BCUT2D eigenvalue weighted by Gasteiger charge is -2.13. The van der Waals surface area contributed by atoms with Gasteiger partial charge in [-0.3, -0.25) is 9.59 Å². The lowest BCUT2D eigenvalue weighted by Crippen LogP contribution is -2.28. The summed E-state index contributed by atoms with van der Waals surface area (Å²) < 4.78 is 5.21. The van der Waals surface area contributed by atoms with Crippen molar-refractivity contribution in [2.45, 2.75) is 87.6 Å². The minimum Gasteiger partial charge on any atom is -0.376 e. The smallest absolute Gasteiger partial charge is 0.241 e. The van der Waals surface area contributed by atoms with Gasteiger partial charge in [0.15, 0.2) is 5.58 Å². The summed E-state index contributed by atoms with van der Waals surface area (Å²) in [5.41, 5.74) is 10.7. The maximum Gasteiger partial charge on any atom is 0.241 e. The molecule has 0 aliphatic carbocycles. The lowest BCUT2D eigenvalue weighted by atomic mass is 10.0. The third-order valence-corrected chi connectivity index (χ3v) is 5.61. The normalized spacial score (nSPS) is 9.50. The van der Waals surface area contributed by atoms with E-state index in [9.17, 15) is 4.79 Å². The van der Waals surface area contributed by atoms with Crippen LogP contribution in [0.5, 0.6) is 0 Å². The summed E-state index contributed by atoms with van der Waals surface area (Å²) >= 11 is 0. The molecule has 3 aromatic rings. The quantitative estimate of drug-likeness (QED) is 0.281. The summed E-state index contributed by atoms with van der Waals surface area (Å²) in [7, 11) is 3.47. The van der Waals surface area contributed by atoms with E-state index in [-0.39, 0.29) is 18.9 Å². The number of benzene rings is 2. The molecule has 2 amide bonds. The van der Waals surface area contributed by atoms with Crippen molar-refractivity contribution in [3.63, 3.8) is 0 Å². The van der Waals surface area contributed by atoms with Gasteiger partial charge in [-0.1, -0.05) is 77.9 Å². The molecule has 0 radical (unpaired) electrons. The van der Waals surface area contributed by atoms with Crippen LogP contribution in [0.25, 0.3) is 11.0 Å². The molecule has 40 heavy (non-hydrogen) atoms. The summed E-state index contributed by atoms with van der Waals surface area (Å²) in [5, 5.41) is 11.3. The van der Waals surface area contributed by atoms with Gasteiger partial charge in [0.1, 0.15) is 0 Å². The van der Waals surface area contributed by atoms with Crippen LogP contribution in [0, 0.1) is 13.8 Å². The number of likely N-dealkylation sites (N-methyl/N-ethyl adjacent to an activating group) is 1. The second-order valence-electron chi connectivity index (χ2n) is 9.29. The van der Waals surface area contributed by atoms with Gasteiger partial charge in [0, 0.05) is 37.3 Å². The van der Waals surface area contributed by atoms with Gasteiger partial charge in [-0.25, -0.2) is 0 Å². The number of nitrogens with zero attached hydrogens (tertiary/aromatic N) is 2. The van der Waals surface area contributed by atoms with Crippen molar-refractivity contribution >= 4 is 29.0 Å². The fourth-order valence-corrected chi connectivity index (χ4v) is 3.41. The molecule has 0 fully saturated rings. The Morgan fingerprint density at radius 3 is 1.98 bits per heavy atom. The van der Waals surface area contributed by atoms with Crippen molar-refractivity contribution in [2.75, 3.05) is 32.5 Å². The Hall–Kier alpha value is -3.39. The van der Waals surface area contributed by atoms with E-state index >= 15 is 0 Å². The topological polar surface area (TPSA) is 113 Å². The van der Waals surface area contributed by atoms with E-state index in [1.165, 1.54) is 17.5 Å². The number of anilines is 1. The van der Waals surface area contributed by atoms with E-state index in [4.69, 9.17) is 9.32 Å². The Labute approximate surface area is 243 Å². The maximum atomic E-state index is 11.5. The standard InChI is InChI=1S/C13H17N3O2.C10H14.C6H15N.C2H6.CH3NO/c1-8-5-10-9(2)15-18-12(10)6-11(8)14-7-13(17)16(3)4;1-3-9-7-5-6-8-10(9)4-2;1-4-5-7-6(2)3;1-2;2-1-3/h5-6,14H,7H2,1-4H3;5-8H,3-4H2,1-2H3;6-7H,4-5H2,1-3H3;1-2H3;1H,(H2,2,3). The number of nitrogens with one attached hydrogen (secondary N) is 2. The predicted molar refractivity (Wildman–Crippen MR) is 171 cm³/mol. The van der Waals surface area contributed by atoms with Crippen LogP contribution in [0.3, 0.4) is 0 Å². The fraction of sp³-hybridized carbons (Fsp3) is 0.531. The molecule has 0 saturated heterocycles. The number of hydrogen-bond acceptors (Lipinski definition) is 6. The average molecular weight is 558 g/mol. The first-order chi connectivity index (χ1) is 19.1. The monoisotopic (exact) mass is 557 g/mol. The molecule has 0 bridgehead atoms. The molecule has 0 atom stereocenters. The minimum absolute atomic E-state index is 0.0308. The van der Waals surface area contributed by atoms with Crippen LogP contribution in [-0.2, 0) is 22.4 Å². The summed E-state index contributed by atoms with van der Waals surface area (Å²) in [5.74, 6) is 0.0308. The zero-order valence-electron chi connectivity index (χ0n) is 26.9. The second kappa shape index (κ2) is 23.5.